The van der Waals surface area contributed by atoms with Gasteiger partial charge in [-0.3, -0.25) is 14.4 Å². The van der Waals surface area contributed by atoms with Crippen LogP contribution in [0, 0.1) is 0 Å². The molecule has 4 rings (SSSR count). The van der Waals surface area contributed by atoms with Crippen LogP contribution in [-0.4, -0.2) is 40.1 Å². The molecular weight excluding hydrogens is 432 g/mol. The number of aromatic amines is 1. The smallest absolute Gasteiger partial charge is 0.259 e. The Morgan fingerprint density at radius 1 is 1.10 bits per heavy atom. The van der Waals surface area contributed by atoms with Gasteiger partial charge in [-0.15, -0.1) is 11.3 Å². The van der Waals surface area contributed by atoms with Crippen LogP contribution in [0.2, 0.25) is 0 Å². The predicted octanol–water partition coefficient (Wildman–Crippen LogP) is 3.05. The Hall–Kier alpha value is -1.87. The van der Waals surface area contributed by atoms with Gasteiger partial charge in [0.25, 0.3) is 5.56 Å². The summed E-state index contributed by atoms with van der Waals surface area (Å²) >= 11 is 3.21. The van der Waals surface area contributed by atoms with Crippen molar-refractivity contribution in [3.05, 3.63) is 26.6 Å². The molecule has 0 atom stereocenters. The van der Waals surface area contributed by atoms with E-state index in [2.05, 4.69) is 20.6 Å². The Kier molecular flexibility index (Phi) is 7.66. The van der Waals surface area contributed by atoms with Crippen molar-refractivity contribution in [3.63, 3.8) is 0 Å². The average Bonchev–Trinajstić information content (AvgIpc) is 3.15. The summed E-state index contributed by atoms with van der Waals surface area (Å²) in [5, 5.41) is 6.47. The van der Waals surface area contributed by atoms with Crippen molar-refractivity contribution in [1.82, 2.24) is 20.6 Å². The lowest BCUT2D eigenvalue weighted by Crippen LogP contribution is -2.42. The van der Waals surface area contributed by atoms with Crippen molar-refractivity contribution >= 4 is 45.1 Å². The number of amides is 2. The molecule has 0 aliphatic heterocycles. The van der Waals surface area contributed by atoms with Crippen LogP contribution in [0.4, 0.5) is 0 Å². The minimum Gasteiger partial charge on any atom is -0.352 e. The first kappa shape index (κ1) is 22.3. The average molecular weight is 463 g/mol. The highest BCUT2D eigenvalue weighted by molar-refractivity contribution is 7.98. The molecule has 31 heavy (non-hydrogen) atoms. The number of hydrogen-bond acceptors (Lipinski definition) is 6. The van der Waals surface area contributed by atoms with Gasteiger partial charge >= 0.3 is 0 Å². The number of thioether (sulfide) groups is 1. The zero-order valence-corrected chi connectivity index (χ0v) is 19.4. The number of hydrogen-bond donors (Lipinski definition) is 3. The maximum atomic E-state index is 12.6. The van der Waals surface area contributed by atoms with Crippen molar-refractivity contribution in [2.24, 2.45) is 0 Å². The summed E-state index contributed by atoms with van der Waals surface area (Å²) in [4.78, 5) is 46.3. The molecule has 168 valence electrons. The second-order valence-electron chi connectivity index (χ2n) is 8.39. The second-order valence-corrected chi connectivity index (χ2v) is 10.6. The number of H-pyrrole nitrogens is 1. The standard InChI is InChI=1S/C22H30N4O3S2/c27-18(23-12-19(28)24-14-6-2-1-3-7-14)10-11-30-13-17-25-21(29)20-15-8-4-5-9-16(15)31-22(20)26-17/h14H,1-13H2,(H,23,27)(H,24,28)(H,25,26,29). The molecule has 1 fully saturated rings. The van der Waals surface area contributed by atoms with Crippen LogP contribution in [0.15, 0.2) is 4.79 Å². The summed E-state index contributed by atoms with van der Waals surface area (Å²) in [7, 11) is 0. The molecule has 7 nitrogen and oxygen atoms in total. The molecule has 0 radical (unpaired) electrons. The van der Waals surface area contributed by atoms with E-state index in [0.717, 1.165) is 55.2 Å². The third-order valence-electron chi connectivity index (χ3n) is 6.00. The van der Waals surface area contributed by atoms with Gasteiger partial charge in [0, 0.05) is 23.1 Å². The summed E-state index contributed by atoms with van der Waals surface area (Å²) in [6.07, 6.45) is 10.3. The van der Waals surface area contributed by atoms with Gasteiger partial charge in [0.15, 0.2) is 0 Å². The van der Waals surface area contributed by atoms with E-state index in [-0.39, 0.29) is 30.0 Å². The number of carbonyl (C=O) groups is 2. The molecular formula is C22H30N4O3S2. The fourth-order valence-electron chi connectivity index (χ4n) is 4.40. The summed E-state index contributed by atoms with van der Waals surface area (Å²) in [5.41, 5.74) is 1.16. The van der Waals surface area contributed by atoms with Crippen LogP contribution in [0.25, 0.3) is 10.2 Å². The monoisotopic (exact) mass is 462 g/mol. The Balaban J connectivity index is 1.19. The van der Waals surface area contributed by atoms with Gasteiger partial charge in [-0.05, 0) is 44.1 Å². The molecule has 2 aliphatic carbocycles. The molecule has 0 bridgehead atoms. The van der Waals surface area contributed by atoms with Crippen LogP contribution in [-0.2, 0) is 28.2 Å². The van der Waals surface area contributed by atoms with E-state index < -0.39 is 0 Å². The van der Waals surface area contributed by atoms with Crippen LogP contribution < -0.4 is 16.2 Å². The summed E-state index contributed by atoms with van der Waals surface area (Å²) in [5.74, 6) is 1.59. The highest BCUT2D eigenvalue weighted by atomic mass is 32.2. The Bertz CT molecular complexity index is 995. The fourth-order valence-corrected chi connectivity index (χ4v) is 6.49. The third-order valence-corrected chi connectivity index (χ3v) is 8.16. The molecule has 0 aromatic carbocycles. The van der Waals surface area contributed by atoms with E-state index in [0.29, 0.717) is 23.8 Å². The zero-order chi connectivity index (χ0) is 21.6. The van der Waals surface area contributed by atoms with Crippen molar-refractivity contribution in [2.75, 3.05) is 12.3 Å². The van der Waals surface area contributed by atoms with Crippen LogP contribution in [0.3, 0.4) is 0 Å². The zero-order valence-electron chi connectivity index (χ0n) is 17.8. The van der Waals surface area contributed by atoms with Gasteiger partial charge in [-0.25, -0.2) is 4.98 Å². The largest absolute Gasteiger partial charge is 0.352 e. The minimum atomic E-state index is -0.130. The molecule has 9 heteroatoms. The summed E-state index contributed by atoms with van der Waals surface area (Å²) in [6, 6.07) is 0.259. The summed E-state index contributed by atoms with van der Waals surface area (Å²) < 4.78 is 0. The lowest BCUT2D eigenvalue weighted by molar-refractivity contribution is -0.126. The van der Waals surface area contributed by atoms with E-state index >= 15 is 0 Å². The van der Waals surface area contributed by atoms with Crippen molar-refractivity contribution < 1.29 is 9.59 Å². The topological polar surface area (TPSA) is 104 Å². The van der Waals surface area contributed by atoms with Gasteiger partial charge in [0.1, 0.15) is 10.7 Å². The molecule has 0 unspecified atom stereocenters. The minimum absolute atomic E-state index is 0.0363. The molecule has 2 aromatic rings. The molecule has 2 amide bonds. The van der Waals surface area contributed by atoms with E-state index in [1.807, 2.05) is 0 Å². The molecule has 3 N–H and O–H groups in total. The predicted molar refractivity (Wildman–Crippen MR) is 126 cm³/mol. The number of nitrogens with one attached hydrogen (secondary N) is 3. The van der Waals surface area contributed by atoms with E-state index in [1.165, 1.54) is 23.3 Å². The van der Waals surface area contributed by atoms with Crippen LogP contribution in [0.1, 0.15) is 67.6 Å². The maximum absolute atomic E-state index is 12.6. The fraction of sp³-hybridized carbons (Fsp3) is 0.636. The molecule has 0 saturated heterocycles. The van der Waals surface area contributed by atoms with E-state index in [9.17, 15) is 14.4 Å². The lowest BCUT2D eigenvalue weighted by Gasteiger charge is -2.22. The van der Waals surface area contributed by atoms with Crippen molar-refractivity contribution in [1.29, 1.82) is 0 Å². The number of nitrogens with zero attached hydrogens (tertiary/aromatic N) is 1. The van der Waals surface area contributed by atoms with Crippen LogP contribution >= 0.6 is 23.1 Å². The first-order valence-corrected chi connectivity index (χ1v) is 13.2. The van der Waals surface area contributed by atoms with Gasteiger partial charge in [0.2, 0.25) is 11.8 Å². The molecule has 2 aliphatic rings. The van der Waals surface area contributed by atoms with E-state index in [1.54, 1.807) is 23.1 Å². The highest BCUT2D eigenvalue weighted by Crippen LogP contribution is 2.33. The quantitative estimate of drug-likeness (QED) is 0.523. The number of fused-ring (bicyclic) bond motifs is 3. The lowest BCUT2D eigenvalue weighted by atomic mass is 9.95. The third kappa shape index (κ3) is 5.88. The highest BCUT2D eigenvalue weighted by Gasteiger charge is 2.20. The molecule has 1 saturated carbocycles. The molecule has 0 spiro atoms. The summed E-state index contributed by atoms with van der Waals surface area (Å²) in [6.45, 7) is 0.0363. The van der Waals surface area contributed by atoms with E-state index in [4.69, 9.17) is 0 Å². The number of aryl methyl sites for hydroxylation is 2. The van der Waals surface area contributed by atoms with Crippen LogP contribution in [0.5, 0.6) is 0 Å². The number of aromatic nitrogens is 2. The van der Waals surface area contributed by atoms with Crippen molar-refractivity contribution in [2.45, 2.75) is 76.0 Å². The molecule has 2 heterocycles. The first-order chi connectivity index (χ1) is 15.1. The van der Waals surface area contributed by atoms with Gasteiger partial charge in [0.05, 0.1) is 17.7 Å². The van der Waals surface area contributed by atoms with Crippen molar-refractivity contribution in [3.8, 4) is 0 Å². The Labute approximate surface area is 190 Å². The Morgan fingerprint density at radius 3 is 2.74 bits per heavy atom. The van der Waals surface area contributed by atoms with Gasteiger partial charge < -0.3 is 15.6 Å². The normalized spacial score (nSPS) is 16.8. The first-order valence-electron chi connectivity index (χ1n) is 11.3. The van der Waals surface area contributed by atoms with Gasteiger partial charge in [-0.1, -0.05) is 19.3 Å². The van der Waals surface area contributed by atoms with Gasteiger partial charge in [-0.2, -0.15) is 11.8 Å². The SMILES string of the molecule is O=C(CCSCc1nc2sc3c(c2c(=O)[nH]1)CCCC3)NCC(=O)NC1CCCCC1. The maximum Gasteiger partial charge on any atom is 0.259 e. The number of thiophene rings is 1. The second kappa shape index (κ2) is 10.6. The Morgan fingerprint density at radius 2 is 1.90 bits per heavy atom. The number of carbonyl (C=O) groups excluding carboxylic acids is 2. The molecule has 2 aromatic heterocycles. The number of rotatable bonds is 8.